The van der Waals surface area contributed by atoms with Crippen molar-refractivity contribution in [2.24, 2.45) is 0 Å². The van der Waals surface area contributed by atoms with Crippen LogP contribution in [0.5, 0.6) is 5.75 Å². The molecule has 0 spiro atoms. The second kappa shape index (κ2) is 7.26. The molecule has 21 heavy (non-hydrogen) atoms. The minimum atomic E-state index is -0.972. The highest BCUT2D eigenvalue weighted by Gasteiger charge is 2.03. The fourth-order valence-corrected chi connectivity index (χ4v) is 2.19. The third kappa shape index (κ3) is 4.90. The van der Waals surface area contributed by atoms with Gasteiger partial charge in [0.05, 0.1) is 0 Å². The summed E-state index contributed by atoms with van der Waals surface area (Å²) in [5.74, 6) is -0.295. The average Bonchev–Trinajstić information content (AvgIpc) is 2.45. The van der Waals surface area contributed by atoms with Crippen LogP contribution in [0.1, 0.15) is 16.7 Å². The molecule has 0 atom stereocenters. The smallest absolute Gasteiger partial charge is 0.328 e. The van der Waals surface area contributed by atoms with Crippen LogP contribution in [0, 0.1) is 10.5 Å². The minimum Gasteiger partial charge on any atom is -0.488 e. The Labute approximate surface area is 137 Å². The Kier molecular flexibility index (Phi) is 5.38. The summed E-state index contributed by atoms with van der Waals surface area (Å²) < 4.78 is 6.98. The Morgan fingerprint density at radius 2 is 1.95 bits per heavy atom. The van der Waals surface area contributed by atoms with Crippen molar-refractivity contribution in [3.63, 3.8) is 0 Å². The summed E-state index contributed by atoms with van der Waals surface area (Å²) in [4.78, 5) is 10.7. The molecule has 3 nitrogen and oxygen atoms in total. The van der Waals surface area contributed by atoms with Crippen LogP contribution >= 0.6 is 22.6 Å². The highest BCUT2D eigenvalue weighted by Crippen LogP contribution is 2.23. The van der Waals surface area contributed by atoms with E-state index in [0.29, 0.717) is 12.4 Å². The first-order valence-electron chi connectivity index (χ1n) is 6.43. The third-order valence-electron chi connectivity index (χ3n) is 2.88. The number of rotatable bonds is 5. The zero-order valence-electron chi connectivity index (χ0n) is 11.5. The molecule has 0 amide bonds. The van der Waals surface area contributed by atoms with Crippen molar-refractivity contribution in [2.45, 2.75) is 13.5 Å². The number of aliphatic carboxylic acids is 1. The zero-order valence-corrected chi connectivity index (χ0v) is 13.7. The molecule has 2 aromatic carbocycles. The molecule has 2 aromatic rings. The standard InChI is InChI=1S/C17H15IO3/c1-12-2-8-16(14(10-12)5-9-17(19)20)21-11-13-3-6-15(18)7-4-13/h2-10H,11H2,1H3,(H,19,20). The van der Waals surface area contributed by atoms with Crippen molar-refractivity contribution in [3.05, 3.63) is 68.8 Å². The molecule has 108 valence electrons. The van der Waals surface area contributed by atoms with Crippen LogP contribution in [0.2, 0.25) is 0 Å². The number of ether oxygens (including phenoxy) is 1. The Morgan fingerprint density at radius 1 is 1.24 bits per heavy atom. The van der Waals surface area contributed by atoms with Gasteiger partial charge >= 0.3 is 5.97 Å². The van der Waals surface area contributed by atoms with Crippen LogP contribution in [0.25, 0.3) is 6.08 Å². The third-order valence-corrected chi connectivity index (χ3v) is 3.60. The van der Waals surface area contributed by atoms with E-state index in [0.717, 1.165) is 22.8 Å². The molecule has 0 saturated heterocycles. The lowest BCUT2D eigenvalue weighted by Crippen LogP contribution is -1.97. The molecule has 4 heteroatoms. The van der Waals surface area contributed by atoms with Crippen LogP contribution in [0.15, 0.2) is 48.5 Å². The lowest BCUT2D eigenvalue weighted by molar-refractivity contribution is -0.131. The van der Waals surface area contributed by atoms with Crippen molar-refractivity contribution < 1.29 is 14.6 Å². The first-order valence-corrected chi connectivity index (χ1v) is 7.51. The van der Waals surface area contributed by atoms with Gasteiger partial charge in [0.25, 0.3) is 0 Å². The summed E-state index contributed by atoms with van der Waals surface area (Å²) in [6.45, 7) is 2.41. The summed E-state index contributed by atoms with van der Waals surface area (Å²) in [5, 5.41) is 8.74. The van der Waals surface area contributed by atoms with Crippen molar-refractivity contribution >= 4 is 34.6 Å². The Balaban J connectivity index is 2.15. The quantitative estimate of drug-likeness (QED) is 0.609. The molecular formula is C17H15IO3. The van der Waals surface area contributed by atoms with Crippen LogP contribution in [-0.4, -0.2) is 11.1 Å². The summed E-state index contributed by atoms with van der Waals surface area (Å²) in [5.41, 5.74) is 2.90. The Hall–Kier alpha value is -1.82. The van der Waals surface area contributed by atoms with Gasteiger partial charge in [-0.25, -0.2) is 4.79 Å². The fraction of sp³-hybridized carbons (Fsp3) is 0.118. The van der Waals surface area contributed by atoms with E-state index in [9.17, 15) is 4.79 Å². The van der Waals surface area contributed by atoms with Gasteiger partial charge in [-0.2, -0.15) is 0 Å². The van der Waals surface area contributed by atoms with E-state index >= 15 is 0 Å². The molecule has 0 unspecified atom stereocenters. The highest BCUT2D eigenvalue weighted by atomic mass is 127. The van der Waals surface area contributed by atoms with E-state index in [2.05, 4.69) is 22.6 Å². The van der Waals surface area contributed by atoms with E-state index in [1.54, 1.807) is 6.08 Å². The maximum absolute atomic E-state index is 10.7. The van der Waals surface area contributed by atoms with Gasteiger partial charge in [0.2, 0.25) is 0 Å². The molecule has 0 aliphatic carbocycles. The molecule has 0 fully saturated rings. The van der Waals surface area contributed by atoms with E-state index < -0.39 is 5.97 Å². The predicted molar refractivity (Wildman–Crippen MR) is 91.3 cm³/mol. The molecule has 0 bridgehead atoms. The fourth-order valence-electron chi connectivity index (χ4n) is 1.83. The predicted octanol–water partition coefficient (Wildman–Crippen LogP) is 4.28. The summed E-state index contributed by atoms with van der Waals surface area (Å²) in [6.07, 6.45) is 2.67. The number of carbonyl (C=O) groups is 1. The molecule has 0 aliphatic rings. The van der Waals surface area contributed by atoms with Crippen LogP contribution in [-0.2, 0) is 11.4 Å². The normalized spacial score (nSPS) is 10.8. The van der Waals surface area contributed by atoms with Crippen LogP contribution < -0.4 is 4.74 Å². The largest absolute Gasteiger partial charge is 0.488 e. The van der Waals surface area contributed by atoms with Gasteiger partial charge in [-0.3, -0.25) is 0 Å². The van der Waals surface area contributed by atoms with Crippen molar-refractivity contribution in [1.82, 2.24) is 0 Å². The lowest BCUT2D eigenvalue weighted by Gasteiger charge is -2.10. The first-order chi connectivity index (χ1) is 10.0. The maximum Gasteiger partial charge on any atom is 0.328 e. The molecule has 0 heterocycles. The van der Waals surface area contributed by atoms with E-state index in [4.69, 9.17) is 9.84 Å². The lowest BCUT2D eigenvalue weighted by atomic mass is 10.1. The van der Waals surface area contributed by atoms with Crippen LogP contribution in [0.4, 0.5) is 0 Å². The number of aryl methyl sites for hydroxylation is 1. The van der Waals surface area contributed by atoms with Gasteiger partial charge in [-0.1, -0.05) is 23.8 Å². The van der Waals surface area contributed by atoms with Gasteiger partial charge in [-0.05, 0) is 65.4 Å². The molecule has 2 rings (SSSR count). The van der Waals surface area contributed by atoms with E-state index in [1.807, 2.05) is 49.4 Å². The SMILES string of the molecule is Cc1ccc(OCc2ccc(I)cc2)c(C=CC(=O)O)c1. The number of halogens is 1. The van der Waals surface area contributed by atoms with Gasteiger partial charge in [0, 0.05) is 15.2 Å². The van der Waals surface area contributed by atoms with E-state index in [-0.39, 0.29) is 0 Å². The molecule has 0 saturated carbocycles. The molecule has 0 aromatic heterocycles. The summed E-state index contributed by atoms with van der Waals surface area (Å²) in [7, 11) is 0. The van der Waals surface area contributed by atoms with Crippen molar-refractivity contribution in [3.8, 4) is 5.75 Å². The summed E-state index contributed by atoms with van der Waals surface area (Å²) in [6, 6.07) is 13.8. The second-order valence-electron chi connectivity index (χ2n) is 4.63. The minimum absolute atomic E-state index is 0.452. The number of hydrogen-bond acceptors (Lipinski definition) is 2. The first kappa shape index (κ1) is 15.6. The second-order valence-corrected chi connectivity index (χ2v) is 5.87. The molecule has 1 N–H and O–H groups in total. The van der Waals surface area contributed by atoms with Gasteiger partial charge < -0.3 is 9.84 Å². The van der Waals surface area contributed by atoms with Gasteiger partial charge in [-0.15, -0.1) is 0 Å². The maximum atomic E-state index is 10.7. The monoisotopic (exact) mass is 394 g/mol. The van der Waals surface area contributed by atoms with Gasteiger partial charge in [0.1, 0.15) is 12.4 Å². The highest BCUT2D eigenvalue weighted by molar-refractivity contribution is 14.1. The zero-order chi connectivity index (χ0) is 15.2. The number of benzene rings is 2. The number of carboxylic acids is 1. The van der Waals surface area contributed by atoms with Crippen molar-refractivity contribution in [2.75, 3.05) is 0 Å². The average molecular weight is 394 g/mol. The van der Waals surface area contributed by atoms with E-state index in [1.165, 1.54) is 3.57 Å². The molecular weight excluding hydrogens is 379 g/mol. The number of carboxylic acid groups (broad SMARTS) is 1. The Morgan fingerprint density at radius 3 is 2.62 bits per heavy atom. The topological polar surface area (TPSA) is 46.5 Å². The molecule has 0 radical (unpaired) electrons. The van der Waals surface area contributed by atoms with Crippen molar-refractivity contribution in [1.29, 1.82) is 0 Å². The number of hydrogen-bond donors (Lipinski definition) is 1. The summed E-state index contributed by atoms with van der Waals surface area (Å²) >= 11 is 2.26. The Bertz CT molecular complexity index is 660. The van der Waals surface area contributed by atoms with Gasteiger partial charge in [0.15, 0.2) is 0 Å². The van der Waals surface area contributed by atoms with Crippen LogP contribution in [0.3, 0.4) is 0 Å². The molecule has 0 aliphatic heterocycles.